The second kappa shape index (κ2) is 3.32. The fourth-order valence-electron chi connectivity index (χ4n) is 4.59. The highest BCUT2D eigenvalue weighted by Gasteiger charge is 2.60. The maximum atomic E-state index is 6.69. The van der Waals surface area contributed by atoms with Gasteiger partial charge in [-0.2, -0.15) is 0 Å². The molecular weight excluding hydrogens is 224 g/mol. The minimum Gasteiger partial charge on any atom is -0.326 e. The van der Waals surface area contributed by atoms with Gasteiger partial charge >= 0.3 is 0 Å². The number of hydrogen-bond donors (Lipinski definition) is 1. The lowest BCUT2D eigenvalue weighted by Gasteiger charge is -2.66. The average Bonchev–Trinajstić information content (AvgIpc) is 2.36. The van der Waals surface area contributed by atoms with E-state index < -0.39 is 0 Å². The van der Waals surface area contributed by atoms with Crippen LogP contribution in [-0.2, 0) is 5.41 Å². The number of piperidine rings is 2. The maximum absolute atomic E-state index is 6.69. The molecule has 2 N–H and O–H groups in total. The standard InChI is InChI=1S/C14H20N4/c1-13-6-17-8-14(12(13)15,9-18(7-13)10-17)11-3-2-4-16-5-11/h2-5,12H,6-10,15H2,1H3. The summed E-state index contributed by atoms with van der Waals surface area (Å²) in [5.41, 5.74) is 8.31. The number of nitrogens with two attached hydrogens (primary N) is 1. The van der Waals surface area contributed by atoms with E-state index in [4.69, 9.17) is 5.73 Å². The molecule has 4 nitrogen and oxygen atoms in total. The van der Waals surface area contributed by atoms with E-state index >= 15 is 0 Å². The Hall–Kier alpha value is -0.970. The Kier molecular flexibility index (Phi) is 2.01. The third-order valence-electron chi connectivity index (χ3n) is 5.16. The second-order valence-corrected chi connectivity index (χ2v) is 6.65. The van der Waals surface area contributed by atoms with Crippen molar-refractivity contribution in [2.75, 3.05) is 32.8 Å². The molecule has 4 heteroatoms. The van der Waals surface area contributed by atoms with Crippen LogP contribution < -0.4 is 5.73 Å². The Morgan fingerprint density at radius 2 is 2.00 bits per heavy atom. The van der Waals surface area contributed by atoms with E-state index in [2.05, 4.69) is 27.8 Å². The Balaban J connectivity index is 1.85. The second-order valence-electron chi connectivity index (χ2n) is 6.65. The number of hydrogen-bond acceptors (Lipinski definition) is 4. The zero-order valence-corrected chi connectivity index (χ0v) is 10.8. The van der Waals surface area contributed by atoms with Gasteiger partial charge < -0.3 is 5.73 Å². The van der Waals surface area contributed by atoms with Crippen molar-refractivity contribution in [3.8, 4) is 0 Å². The molecule has 96 valence electrons. The van der Waals surface area contributed by atoms with Crippen molar-refractivity contribution < 1.29 is 0 Å². The zero-order valence-electron chi connectivity index (χ0n) is 10.8. The van der Waals surface area contributed by atoms with Crippen molar-refractivity contribution in [1.29, 1.82) is 0 Å². The Labute approximate surface area is 108 Å². The first kappa shape index (κ1) is 10.9. The average molecular weight is 244 g/mol. The molecule has 18 heavy (non-hydrogen) atoms. The highest BCUT2D eigenvalue weighted by Crippen LogP contribution is 2.49. The Morgan fingerprint density at radius 1 is 1.28 bits per heavy atom. The molecule has 0 aliphatic carbocycles. The van der Waals surface area contributed by atoms with Gasteiger partial charge in [0.2, 0.25) is 0 Å². The summed E-state index contributed by atoms with van der Waals surface area (Å²) in [6, 6.07) is 4.47. The molecule has 5 rings (SSSR count). The van der Waals surface area contributed by atoms with E-state index in [0.717, 1.165) is 32.8 Å². The molecule has 0 spiro atoms. The summed E-state index contributed by atoms with van der Waals surface area (Å²) in [4.78, 5) is 9.42. The summed E-state index contributed by atoms with van der Waals surface area (Å²) in [6.07, 6.45) is 3.86. The molecule has 0 aromatic carbocycles. The molecule has 4 aliphatic rings. The van der Waals surface area contributed by atoms with Crippen LogP contribution >= 0.6 is 0 Å². The monoisotopic (exact) mass is 244 g/mol. The van der Waals surface area contributed by atoms with Crippen molar-refractivity contribution in [2.45, 2.75) is 18.4 Å². The van der Waals surface area contributed by atoms with Gasteiger partial charge in [-0.25, -0.2) is 0 Å². The van der Waals surface area contributed by atoms with Gasteiger partial charge in [0.1, 0.15) is 0 Å². The van der Waals surface area contributed by atoms with Crippen LogP contribution in [0.1, 0.15) is 12.5 Å². The molecule has 5 heterocycles. The molecule has 4 fully saturated rings. The smallest absolute Gasteiger partial charge is 0.0507 e. The summed E-state index contributed by atoms with van der Waals surface area (Å²) in [6.45, 7) is 7.93. The normalized spacial score (nSPS) is 49.6. The topological polar surface area (TPSA) is 45.4 Å². The summed E-state index contributed by atoms with van der Waals surface area (Å²) in [7, 11) is 0. The molecular formula is C14H20N4. The molecule has 4 bridgehead atoms. The van der Waals surface area contributed by atoms with E-state index in [9.17, 15) is 0 Å². The van der Waals surface area contributed by atoms with Gasteiger partial charge in [0, 0.05) is 55.4 Å². The van der Waals surface area contributed by atoms with Crippen LogP contribution in [0.5, 0.6) is 0 Å². The molecule has 3 atom stereocenters. The number of aromatic nitrogens is 1. The van der Waals surface area contributed by atoms with Crippen LogP contribution in [0.2, 0.25) is 0 Å². The predicted octanol–water partition coefficient (Wildman–Crippen LogP) is 0.255. The summed E-state index contributed by atoms with van der Waals surface area (Å²) in [5.74, 6) is 0. The summed E-state index contributed by atoms with van der Waals surface area (Å²) >= 11 is 0. The van der Waals surface area contributed by atoms with E-state index in [1.165, 1.54) is 5.56 Å². The predicted molar refractivity (Wildman–Crippen MR) is 70.0 cm³/mol. The van der Waals surface area contributed by atoms with Gasteiger partial charge in [0.25, 0.3) is 0 Å². The minimum atomic E-state index is 0.0811. The number of rotatable bonds is 1. The van der Waals surface area contributed by atoms with Gasteiger partial charge in [-0.15, -0.1) is 0 Å². The molecule has 1 aromatic heterocycles. The van der Waals surface area contributed by atoms with E-state index in [1.807, 2.05) is 18.5 Å². The first-order valence-corrected chi connectivity index (χ1v) is 6.73. The molecule has 1 aromatic rings. The minimum absolute atomic E-state index is 0.0811. The van der Waals surface area contributed by atoms with Crippen LogP contribution in [0, 0.1) is 5.41 Å². The van der Waals surface area contributed by atoms with E-state index in [-0.39, 0.29) is 16.9 Å². The van der Waals surface area contributed by atoms with Gasteiger partial charge in [0.05, 0.1) is 6.67 Å². The molecule has 4 saturated heterocycles. The molecule has 0 radical (unpaired) electrons. The lowest BCUT2D eigenvalue weighted by atomic mass is 9.57. The number of pyridine rings is 1. The SMILES string of the molecule is CC12CN3CN(C1)CC(c1cccnc1)(C3)C2N. The molecule has 0 amide bonds. The molecule has 0 saturated carbocycles. The van der Waals surface area contributed by atoms with Gasteiger partial charge in [-0.1, -0.05) is 13.0 Å². The third-order valence-corrected chi connectivity index (χ3v) is 5.16. The van der Waals surface area contributed by atoms with Crippen LogP contribution in [0.4, 0.5) is 0 Å². The van der Waals surface area contributed by atoms with E-state index in [0.29, 0.717) is 0 Å². The third kappa shape index (κ3) is 1.23. The van der Waals surface area contributed by atoms with Crippen molar-refractivity contribution >= 4 is 0 Å². The fraction of sp³-hybridized carbons (Fsp3) is 0.643. The Morgan fingerprint density at radius 3 is 2.61 bits per heavy atom. The lowest BCUT2D eigenvalue weighted by Crippen LogP contribution is -2.80. The van der Waals surface area contributed by atoms with Crippen LogP contribution in [0.3, 0.4) is 0 Å². The van der Waals surface area contributed by atoms with Crippen LogP contribution in [-0.4, -0.2) is 53.7 Å². The number of nitrogens with zero attached hydrogens (tertiary/aromatic N) is 3. The zero-order chi connectivity index (χ0) is 12.4. The van der Waals surface area contributed by atoms with Crippen LogP contribution in [0.15, 0.2) is 24.5 Å². The van der Waals surface area contributed by atoms with Crippen LogP contribution in [0.25, 0.3) is 0 Å². The van der Waals surface area contributed by atoms with Gasteiger partial charge in [-0.3, -0.25) is 14.8 Å². The van der Waals surface area contributed by atoms with Crippen molar-refractivity contribution in [3.63, 3.8) is 0 Å². The first-order chi connectivity index (χ1) is 8.62. The van der Waals surface area contributed by atoms with Crippen molar-refractivity contribution in [3.05, 3.63) is 30.1 Å². The highest BCUT2D eigenvalue weighted by atomic mass is 15.4. The highest BCUT2D eigenvalue weighted by molar-refractivity contribution is 5.33. The van der Waals surface area contributed by atoms with E-state index in [1.54, 1.807) is 0 Å². The largest absolute Gasteiger partial charge is 0.326 e. The maximum Gasteiger partial charge on any atom is 0.0507 e. The van der Waals surface area contributed by atoms with Crippen molar-refractivity contribution in [2.24, 2.45) is 11.1 Å². The fourth-order valence-corrected chi connectivity index (χ4v) is 4.59. The molecule has 3 unspecified atom stereocenters. The lowest BCUT2D eigenvalue weighted by molar-refractivity contribution is -0.142. The summed E-state index contributed by atoms with van der Waals surface area (Å²) in [5, 5.41) is 0. The van der Waals surface area contributed by atoms with Gasteiger partial charge in [-0.05, 0) is 11.6 Å². The molecule has 4 aliphatic heterocycles. The quantitative estimate of drug-likeness (QED) is 0.769. The van der Waals surface area contributed by atoms with Gasteiger partial charge in [0.15, 0.2) is 0 Å². The summed E-state index contributed by atoms with van der Waals surface area (Å²) < 4.78 is 0. The first-order valence-electron chi connectivity index (χ1n) is 6.73. The Bertz CT molecular complexity index is 458. The van der Waals surface area contributed by atoms with Crippen molar-refractivity contribution in [1.82, 2.24) is 14.8 Å².